The molecular formula is C29H39NO7. The van der Waals surface area contributed by atoms with Crippen LogP contribution in [0.1, 0.15) is 50.2 Å². The van der Waals surface area contributed by atoms with Crippen LogP contribution in [0.15, 0.2) is 42.5 Å². The first-order chi connectivity index (χ1) is 17.9. The predicted molar refractivity (Wildman–Crippen MR) is 141 cm³/mol. The molecule has 0 radical (unpaired) electrons. The van der Waals surface area contributed by atoms with E-state index in [1.165, 1.54) is 25.7 Å². The Morgan fingerprint density at radius 3 is 2.43 bits per heavy atom. The second kappa shape index (κ2) is 14.5. The van der Waals surface area contributed by atoms with E-state index in [4.69, 9.17) is 18.9 Å². The monoisotopic (exact) mass is 513 g/mol. The molecule has 1 aliphatic carbocycles. The highest BCUT2D eigenvalue weighted by Crippen LogP contribution is 2.30. The summed E-state index contributed by atoms with van der Waals surface area (Å²) in [5.41, 5.74) is 1.82. The molecule has 1 saturated carbocycles. The molecule has 202 valence electrons. The highest BCUT2D eigenvalue weighted by atomic mass is 16.6. The lowest BCUT2D eigenvalue weighted by Gasteiger charge is -2.24. The minimum atomic E-state index is -0.977. The van der Waals surface area contributed by atoms with Crippen LogP contribution in [-0.2, 0) is 16.0 Å². The zero-order chi connectivity index (χ0) is 26.6. The number of carboxylic acid groups (broad SMARTS) is 1. The molecule has 0 heterocycles. The molecule has 1 aliphatic rings. The van der Waals surface area contributed by atoms with Crippen LogP contribution in [0.25, 0.3) is 0 Å². The van der Waals surface area contributed by atoms with Gasteiger partial charge in [-0.25, -0.2) is 9.59 Å². The molecule has 0 aliphatic heterocycles. The molecule has 0 spiro atoms. The van der Waals surface area contributed by atoms with E-state index in [0.29, 0.717) is 49.5 Å². The van der Waals surface area contributed by atoms with Gasteiger partial charge >= 0.3 is 12.1 Å². The molecule has 37 heavy (non-hydrogen) atoms. The number of carboxylic acids is 1. The number of methoxy groups -OCH3 is 1. The molecule has 2 aromatic rings. The van der Waals surface area contributed by atoms with Crippen LogP contribution in [0.4, 0.5) is 4.79 Å². The Morgan fingerprint density at radius 2 is 1.78 bits per heavy atom. The van der Waals surface area contributed by atoms with Crippen molar-refractivity contribution >= 4 is 12.1 Å². The van der Waals surface area contributed by atoms with Crippen LogP contribution in [-0.4, -0.2) is 61.6 Å². The topological polar surface area (TPSA) is 94.5 Å². The Hall–Kier alpha value is -3.26. The highest BCUT2D eigenvalue weighted by molar-refractivity contribution is 5.73. The first-order valence-corrected chi connectivity index (χ1v) is 13.1. The minimum Gasteiger partial charge on any atom is -0.493 e. The van der Waals surface area contributed by atoms with Gasteiger partial charge in [-0.3, -0.25) is 0 Å². The lowest BCUT2D eigenvalue weighted by molar-refractivity contribution is -0.149. The van der Waals surface area contributed by atoms with E-state index in [9.17, 15) is 14.7 Å². The van der Waals surface area contributed by atoms with Crippen molar-refractivity contribution in [3.8, 4) is 17.2 Å². The number of aryl methyl sites for hydroxylation is 1. The third-order valence-corrected chi connectivity index (χ3v) is 6.67. The lowest BCUT2D eigenvalue weighted by Crippen LogP contribution is -2.38. The van der Waals surface area contributed by atoms with Gasteiger partial charge in [0, 0.05) is 19.6 Å². The molecule has 8 nitrogen and oxygen atoms in total. The van der Waals surface area contributed by atoms with Crippen molar-refractivity contribution in [1.82, 2.24) is 4.90 Å². The maximum Gasteiger partial charge on any atom is 0.415 e. The zero-order valence-corrected chi connectivity index (χ0v) is 22.1. The summed E-state index contributed by atoms with van der Waals surface area (Å²) >= 11 is 0. The van der Waals surface area contributed by atoms with E-state index in [1.54, 1.807) is 43.2 Å². The van der Waals surface area contributed by atoms with Crippen molar-refractivity contribution in [2.75, 3.05) is 33.4 Å². The van der Waals surface area contributed by atoms with Crippen LogP contribution < -0.4 is 14.2 Å². The van der Waals surface area contributed by atoms with Gasteiger partial charge < -0.3 is 29.0 Å². The molecule has 3 rings (SSSR count). The Morgan fingerprint density at radius 1 is 1.05 bits per heavy atom. The summed E-state index contributed by atoms with van der Waals surface area (Å²) in [6.45, 7) is 5.35. The zero-order valence-electron chi connectivity index (χ0n) is 22.1. The Bertz CT molecular complexity index is 1000. The van der Waals surface area contributed by atoms with E-state index >= 15 is 0 Å². The van der Waals surface area contributed by atoms with Gasteiger partial charge in [0.2, 0.25) is 0 Å². The Kier molecular flexibility index (Phi) is 11.1. The van der Waals surface area contributed by atoms with Crippen molar-refractivity contribution in [1.29, 1.82) is 0 Å². The van der Waals surface area contributed by atoms with Gasteiger partial charge in [-0.15, -0.1) is 0 Å². The van der Waals surface area contributed by atoms with E-state index in [2.05, 4.69) is 0 Å². The van der Waals surface area contributed by atoms with Crippen LogP contribution in [0.2, 0.25) is 0 Å². The van der Waals surface area contributed by atoms with Crippen molar-refractivity contribution in [3.05, 3.63) is 53.6 Å². The molecule has 2 aromatic carbocycles. The molecule has 1 fully saturated rings. The minimum absolute atomic E-state index is 0.284. The fourth-order valence-electron chi connectivity index (χ4n) is 4.58. The second-order valence-electron chi connectivity index (χ2n) is 9.43. The average molecular weight is 514 g/mol. The van der Waals surface area contributed by atoms with E-state index in [1.807, 2.05) is 25.1 Å². The summed E-state index contributed by atoms with van der Waals surface area (Å²) in [6.07, 6.45) is 4.87. The number of carbonyl (C=O) groups is 2. The van der Waals surface area contributed by atoms with E-state index in [0.717, 1.165) is 17.5 Å². The molecule has 0 aromatic heterocycles. The van der Waals surface area contributed by atoms with Crippen molar-refractivity contribution in [3.63, 3.8) is 0 Å². The van der Waals surface area contributed by atoms with Crippen molar-refractivity contribution < 1.29 is 33.6 Å². The third-order valence-electron chi connectivity index (χ3n) is 6.67. The smallest absolute Gasteiger partial charge is 0.415 e. The summed E-state index contributed by atoms with van der Waals surface area (Å²) in [6, 6.07) is 12.8. The van der Waals surface area contributed by atoms with Gasteiger partial charge in [0.25, 0.3) is 0 Å². The Balaban J connectivity index is 1.58. The SMILES string of the molecule is CCOC(Cc1ccc(OCCN(CCC2CCCC2)C(=O)Oc2cc(C)ccc2OC)cc1)C(=O)O. The molecule has 0 saturated heterocycles. The quantitative estimate of drug-likeness (QED) is 0.357. The number of benzene rings is 2. The fraction of sp³-hybridized carbons (Fsp3) is 0.517. The largest absolute Gasteiger partial charge is 0.493 e. The lowest BCUT2D eigenvalue weighted by atomic mass is 10.0. The first-order valence-electron chi connectivity index (χ1n) is 13.1. The summed E-state index contributed by atoms with van der Waals surface area (Å²) < 4.78 is 22.3. The number of hydrogen-bond donors (Lipinski definition) is 1. The number of carbonyl (C=O) groups excluding carboxylic acids is 1. The van der Waals surface area contributed by atoms with Gasteiger partial charge in [-0.2, -0.15) is 0 Å². The molecule has 0 bridgehead atoms. The number of aliphatic carboxylic acids is 1. The molecule has 8 heteroatoms. The van der Waals surface area contributed by atoms with Crippen LogP contribution in [0, 0.1) is 12.8 Å². The summed E-state index contributed by atoms with van der Waals surface area (Å²) in [7, 11) is 1.55. The number of ether oxygens (including phenoxy) is 4. The second-order valence-corrected chi connectivity index (χ2v) is 9.43. The summed E-state index contributed by atoms with van der Waals surface area (Å²) in [5.74, 6) is 1.23. The summed E-state index contributed by atoms with van der Waals surface area (Å²) in [4.78, 5) is 26.2. The maximum atomic E-state index is 13.1. The third kappa shape index (κ3) is 8.97. The van der Waals surface area contributed by atoms with Gasteiger partial charge in [-0.1, -0.05) is 43.9 Å². The van der Waals surface area contributed by atoms with Gasteiger partial charge in [0.15, 0.2) is 17.6 Å². The van der Waals surface area contributed by atoms with Crippen LogP contribution >= 0.6 is 0 Å². The fourth-order valence-corrected chi connectivity index (χ4v) is 4.58. The molecule has 1 N–H and O–H groups in total. The van der Waals surface area contributed by atoms with Crippen molar-refractivity contribution in [2.24, 2.45) is 5.92 Å². The Labute approximate surface area is 219 Å². The standard InChI is InChI=1S/C29H39NO7/c1-4-35-27(28(31)32)20-23-10-12-24(13-11-23)36-18-17-30(16-15-22-7-5-6-8-22)29(33)37-26-19-21(2)9-14-25(26)34-3/h9-14,19,22,27H,4-8,15-18,20H2,1-3H3,(H,31,32). The predicted octanol–water partition coefficient (Wildman–Crippen LogP) is 5.50. The van der Waals surface area contributed by atoms with Gasteiger partial charge in [0.05, 0.1) is 13.7 Å². The van der Waals surface area contributed by atoms with E-state index in [-0.39, 0.29) is 6.42 Å². The first kappa shape index (κ1) is 28.3. The molecule has 1 amide bonds. The summed E-state index contributed by atoms with van der Waals surface area (Å²) in [5, 5.41) is 9.28. The number of amides is 1. The molecule has 1 unspecified atom stereocenters. The highest BCUT2D eigenvalue weighted by Gasteiger charge is 2.22. The van der Waals surface area contributed by atoms with Gasteiger partial charge in [-0.05, 0) is 61.6 Å². The molecule has 1 atom stereocenters. The van der Waals surface area contributed by atoms with Gasteiger partial charge in [0.1, 0.15) is 12.4 Å². The van der Waals surface area contributed by atoms with Crippen molar-refractivity contribution in [2.45, 2.75) is 58.5 Å². The van der Waals surface area contributed by atoms with Crippen LogP contribution in [0.3, 0.4) is 0 Å². The number of hydrogen-bond acceptors (Lipinski definition) is 6. The maximum absolute atomic E-state index is 13.1. The molecular weight excluding hydrogens is 474 g/mol. The normalized spacial score (nSPS) is 14.2. The van der Waals surface area contributed by atoms with E-state index < -0.39 is 18.2 Å². The number of nitrogens with zero attached hydrogens (tertiary/aromatic N) is 1. The number of rotatable bonds is 14. The average Bonchev–Trinajstić information content (AvgIpc) is 3.40. The van der Waals surface area contributed by atoms with Crippen LogP contribution in [0.5, 0.6) is 17.2 Å².